The molecule has 1 amide bonds. The second-order valence-corrected chi connectivity index (χ2v) is 6.34. The summed E-state index contributed by atoms with van der Waals surface area (Å²) in [6.45, 7) is 8.71. The van der Waals surface area contributed by atoms with Crippen molar-refractivity contribution < 1.29 is 9.28 Å². The molecule has 5 heteroatoms. The van der Waals surface area contributed by atoms with Crippen molar-refractivity contribution >= 4 is 23.2 Å². The third-order valence-corrected chi connectivity index (χ3v) is 5.15. The first kappa shape index (κ1) is 13.9. The van der Waals surface area contributed by atoms with Crippen LogP contribution in [0.2, 0.25) is 5.02 Å². The van der Waals surface area contributed by atoms with Gasteiger partial charge in [-0.15, -0.1) is 0 Å². The number of fused-ring (bicyclic) bond motifs is 3. The van der Waals surface area contributed by atoms with Crippen LogP contribution in [0.5, 0.6) is 0 Å². The molecule has 0 saturated carbocycles. The summed E-state index contributed by atoms with van der Waals surface area (Å²) in [5, 5.41) is 3.70. The highest BCUT2D eigenvalue weighted by Crippen LogP contribution is 2.24. The minimum atomic E-state index is 0.00753. The second-order valence-electron chi connectivity index (χ2n) is 5.90. The van der Waals surface area contributed by atoms with E-state index in [0.717, 1.165) is 49.4 Å². The molecule has 3 heterocycles. The van der Waals surface area contributed by atoms with Gasteiger partial charge in [0.2, 0.25) is 0 Å². The Bertz CT molecular complexity index is 481. The van der Waals surface area contributed by atoms with Crippen LogP contribution >= 0.6 is 11.6 Å². The quantitative estimate of drug-likeness (QED) is 0.863. The van der Waals surface area contributed by atoms with Crippen molar-refractivity contribution in [3.05, 3.63) is 29.3 Å². The Hall–Kier alpha value is -1.10. The highest BCUT2D eigenvalue weighted by Gasteiger charge is 2.45. The molecule has 3 aliphatic rings. The molecule has 2 bridgehead atoms. The van der Waals surface area contributed by atoms with E-state index < -0.39 is 0 Å². The first-order valence-corrected chi connectivity index (χ1v) is 7.61. The van der Waals surface area contributed by atoms with Crippen LogP contribution in [-0.2, 0) is 4.79 Å². The number of halogens is 1. The Kier molecular flexibility index (Phi) is 3.71. The normalized spacial score (nSPS) is 30.0. The molecule has 20 heavy (non-hydrogen) atoms. The van der Waals surface area contributed by atoms with Crippen LogP contribution in [0.15, 0.2) is 24.3 Å². The number of carbonyl (C=O) groups is 1. The number of carbonyl (C=O) groups excluding carboxylic acids is 1. The lowest BCUT2D eigenvalue weighted by atomic mass is 10.1. The van der Waals surface area contributed by atoms with E-state index in [-0.39, 0.29) is 11.9 Å². The summed E-state index contributed by atoms with van der Waals surface area (Å²) in [6, 6.07) is 7.30. The summed E-state index contributed by atoms with van der Waals surface area (Å²) >= 11 is 5.86. The van der Waals surface area contributed by atoms with E-state index in [9.17, 15) is 4.79 Å². The fraction of sp³-hybridized carbons (Fsp3) is 0.533. The maximum atomic E-state index is 12.5. The Morgan fingerprint density at radius 2 is 1.75 bits per heavy atom. The first-order valence-electron chi connectivity index (χ1n) is 7.24. The molecule has 0 radical (unpaired) electrons. The van der Waals surface area contributed by atoms with Crippen LogP contribution in [0, 0.1) is 0 Å². The molecule has 1 atom stereocenters. The van der Waals surface area contributed by atoms with Crippen molar-refractivity contribution in [1.29, 1.82) is 0 Å². The standard InChI is InChI=1S/C15H20ClN3O/c1-12(19-9-6-18(7-10-19)8-11-19)15(20)17-14-4-2-13(16)3-5-14/h2-5,12H,6-11H2,1H3/p+1/t12-/m1/s1. The molecule has 1 aromatic rings. The summed E-state index contributed by atoms with van der Waals surface area (Å²) < 4.78 is 0.940. The average molecular weight is 295 g/mol. The number of hydrogen-bond donors (Lipinski definition) is 1. The number of anilines is 1. The minimum absolute atomic E-state index is 0.00753. The van der Waals surface area contributed by atoms with Crippen LogP contribution in [-0.4, -0.2) is 60.6 Å². The number of nitrogens with zero attached hydrogens (tertiary/aromatic N) is 2. The molecule has 0 spiro atoms. The number of nitrogens with one attached hydrogen (secondary N) is 1. The lowest BCUT2D eigenvalue weighted by Gasteiger charge is -2.52. The number of benzene rings is 1. The van der Waals surface area contributed by atoms with Gasteiger partial charge in [-0.3, -0.25) is 9.69 Å². The molecule has 3 aliphatic heterocycles. The molecule has 3 fully saturated rings. The molecule has 0 unspecified atom stereocenters. The smallest absolute Gasteiger partial charge is 0.282 e. The predicted octanol–water partition coefficient (Wildman–Crippen LogP) is 1.81. The Balaban J connectivity index is 1.68. The van der Waals surface area contributed by atoms with Crippen molar-refractivity contribution in [3.8, 4) is 0 Å². The molecular formula is C15H21ClN3O+. The monoisotopic (exact) mass is 294 g/mol. The lowest BCUT2D eigenvalue weighted by Crippen LogP contribution is -2.72. The molecule has 4 rings (SSSR count). The Morgan fingerprint density at radius 1 is 1.20 bits per heavy atom. The summed E-state index contributed by atoms with van der Waals surface area (Å²) in [6.07, 6.45) is 0. The summed E-state index contributed by atoms with van der Waals surface area (Å²) in [4.78, 5) is 15.0. The molecule has 108 valence electrons. The summed E-state index contributed by atoms with van der Waals surface area (Å²) in [5.74, 6) is 0.114. The van der Waals surface area contributed by atoms with Gasteiger partial charge in [-0.2, -0.15) is 0 Å². The molecule has 1 aromatic carbocycles. The van der Waals surface area contributed by atoms with Crippen molar-refractivity contribution in [2.45, 2.75) is 13.0 Å². The van der Waals surface area contributed by atoms with Crippen LogP contribution < -0.4 is 5.32 Å². The summed E-state index contributed by atoms with van der Waals surface area (Å²) in [5.41, 5.74) is 0.820. The van der Waals surface area contributed by atoms with Gasteiger partial charge in [0.25, 0.3) is 5.91 Å². The minimum Gasteiger partial charge on any atom is -0.321 e. The highest BCUT2D eigenvalue weighted by molar-refractivity contribution is 6.30. The number of amides is 1. The van der Waals surface area contributed by atoms with Gasteiger partial charge in [-0.25, -0.2) is 0 Å². The van der Waals surface area contributed by atoms with Gasteiger partial charge < -0.3 is 9.80 Å². The largest absolute Gasteiger partial charge is 0.321 e. The number of hydrogen-bond acceptors (Lipinski definition) is 2. The number of piperazine rings is 3. The van der Waals surface area contributed by atoms with E-state index in [1.165, 1.54) is 0 Å². The topological polar surface area (TPSA) is 32.3 Å². The summed E-state index contributed by atoms with van der Waals surface area (Å²) in [7, 11) is 0. The van der Waals surface area contributed by atoms with Gasteiger partial charge in [0.1, 0.15) is 0 Å². The van der Waals surface area contributed by atoms with Crippen LogP contribution in [0.3, 0.4) is 0 Å². The zero-order valence-electron chi connectivity index (χ0n) is 11.8. The van der Waals surface area contributed by atoms with Gasteiger partial charge >= 0.3 is 0 Å². The van der Waals surface area contributed by atoms with Crippen molar-refractivity contribution in [2.24, 2.45) is 0 Å². The number of rotatable bonds is 3. The lowest BCUT2D eigenvalue weighted by molar-refractivity contribution is -0.953. The fourth-order valence-corrected chi connectivity index (χ4v) is 3.43. The predicted molar refractivity (Wildman–Crippen MR) is 80.8 cm³/mol. The van der Waals surface area contributed by atoms with Crippen molar-refractivity contribution in [2.75, 3.05) is 44.6 Å². The molecule has 1 N–H and O–H groups in total. The Morgan fingerprint density at radius 3 is 2.30 bits per heavy atom. The maximum Gasteiger partial charge on any atom is 0.282 e. The zero-order chi connectivity index (χ0) is 14.2. The van der Waals surface area contributed by atoms with Gasteiger partial charge in [0.05, 0.1) is 19.6 Å². The van der Waals surface area contributed by atoms with Crippen LogP contribution in [0.1, 0.15) is 6.92 Å². The van der Waals surface area contributed by atoms with Crippen molar-refractivity contribution in [3.63, 3.8) is 0 Å². The van der Waals surface area contributed by atoms with E-state index in [0.29, 0.717) is 5.02 Å². The molecule has 0 aliphatic carbocycles. The first-order chi connectivity index (χ1) is 9.59. The van der Waals surface area contributed by atoms with E-state index in [1.54, 1.807) is 12.1 Å². The third-order valence-electron chi connectivity index (χ3n) is 4.90. The third kappa shape index (κ3) is 2.55. The number of quaternary nitrogens is 1. The zero-order valence-corrected chi connectivity index (χ0v) is 12.6. The molecule has 4 nitrogen and oxygen atoms in total. The molecule has 3 saturated heterocycles. The highest BCUT2D eigenvalue weighted by atomic mass is 35.5. The second kappa shape index (κ2) is 5.35. The van der Waals surface area contributed by atoms with Gasteiger partial charge in [0.15, 0.2) is 6.04 Å². The van der Waals surface area contributed by atoms with E-state index in [2.05, 4.69) is 17.1 Å². The van der Waals surface area contributed by atoms with Crippen LogP contribution in [0.25, 0.3) is 0 Å². The SMILES string of the molecule is C[C@H](C(=O)Nc1ccc(Cl)cc1)[N+]12CCN(CC1)CC2. The van der Waals surface area contributed by atoms with Gasteiger partial charge in [-0.1, -0.05) is 11.6 Å². The maximum absolute atomic E-state index is 12.5. The van der Waals surface area contributed by atoms with Crippen LogP contribution in [0.4, 0.5) is 5.69 Å². The molecule has 0 aromatic heterocycles. The van der Waals surface area contributed by atoms with Gasteiger partial charge in [0, 0.05) is 30.3 Å². The van der Waals surface area contributed by atoms with E-state index >= 15 is 0 Å². The molecular weight excluding hydrogens is 274 g/mol. The van der Waals surface area contributed by atoms with E-state index in [1.807, 2.05) is 12.1 Å². The average Bonchev–Trinajstić information content (AvgIpc) is 2.50. The fourth-order valence-electron chi connectivity index (χ4n) is 3.30. The van der Waals surface area contributed by atoms with Crippen molar-refractivity contribution in [1.82, 2.24) is 4.90 Å². The van der Waals surface area contributed by atoms with Gasteiger partial charge in [-0.05, 0) is 31.2 Å². The Labute approximate surface area is 124 Å². The van der Waals surface area contributed by atoms with E-state index in [4.69, 9.17) is 11.6 Å².